The SMILES string of the molecule is CCCC1COCCN1[Si](OC)(OC)OC. The van der Waals surface area contributed by atoms with Crippen LogP contribution in [-0.2, 0) is 18.0 Å². The van der Waals surface area contributed by atoms with Crippen molar-refractivity contribution in [1.29, 1.82) is 0 Å². The maximum atomic E-state index is 5.52. The zero-order valence-corrected chi connectivity index (χ0v) is 11.7. The van der Waals surface area contributed by atoms with Gasteiger partial charge in [0.15, 0.2) is 0 Å². The Labute approximate surface area is 99.1 Å². The molecule has 1 fully saturated rings. The van der Waals surface area contributed by atoms with E-state index in [-0.39, 0.29) is 0 Å². The fourth-order valence-corrected chi connectivity index (χ4v) is 4.41. The standard InChI is InChI=1S/C10H23NO4Si/c1-5-6-10-9-15-8-7-11(10)16(12-2,13-3)14-4/h10H,5-9H2,1-4H3. The average molecular weight is 249 g/mol. The molecular formula is C10H23NO4Si. The van der Waals surface area contributed by atoms with Crippen molar-refractivity contribution in [3.63, 3.8) is 0 Å². The van der Waals surface area contributed by atoms with E-state index in [1.54, 1.807) is 21.3 Å². The molecule has 1 atom stereocenters. The fraction of sp³-hybridized carbons (Fsp3) is 1.00. The number of rotatable bonds is 6. The van der Waals surface area contributed by atoms with Gasteiger partial charge in [0, 0.05) is 33.9 Å². The first kappa shape index (κ1) is 14.1. The lowest BCUT2D eigenvalue weighted by Crippen LogP contribution is -2.66. The minimum Gasteiger partial charge on any atom is -0.379 e. The van der Waals surface area contributed by atoms with E-state index in [1.807, 2.05) is 0 Å². The first-order valence-corrected chi connectivity index (χ1v) is 7.41. The van der Waals surface area contributed by atoms with E-state index in [1.165, 1.54) is 0 Å². The maximum absolute atomic E-state index is 5.52. The molecule has 1 saturated heterocycles. The molecule has 1 heterocycles. The zero-order valence-electron chi connectivity index (χ0n) is 10.7. The number of hydrogen-bond acceptors (Lipinski definition) is 5. The van der Waals surface area contributed by atoms with Gasteiger partial charge < -0.3 is 18.0 Å². The third-order valence-electron chi connectivity index (χ3n) is 2.98. The molecule has 16 heavy (non-hydrogen) atoms. The molecule has 0 aromatic heterocycles. The molecule has 0 aromatic rings. The highest BCUT2D eigenvalue weighted by molar-refractivity contribution is 6.57. The van der Waals surface area contributed by atoms with E-state index in [4.69, 9.17) is 18.0 Å². The summed E-state index contributed by atoms with van der Waals surface area (Å²) >= 11 is 0. The van der Waals surface area contributed by atoms with Crippen LogP contribution < -0.4 is 0 Å². The van der Waals surface area contributed by atoms with E-state index in [2.05, 4.69) is 11.5 Å². The van der Waals surface area contributed by atoms with Gasteiger partial charge in [-0.3, -0.25) is 0 Å². The summed E-state index contributed by atoms with van der Waals surface area (Å²) in [7, 11) is 2.29. The second kappa shape index (κ2) is 6.68. The Morgan fingerprint density at radius 3 is 2.38 bits per heavy atom. The van der Waals surface area contributed by atoms with Gasteiger partial charge in [0.25, 0.3) is 0 Å². The van der Waals surface area contributed by atoms with Crippen LogP contribution in [0.1, 0.15) is 19.8 Å². The lowest BCUT2D eigenvalue weighted by molar-refractivity contribution is -0.0327. The van der Waals surface area contributed by atoms with E-state index in [0.29, 0.717) is 12.6 Å². The van der Waals surface area contributed by atoms with Crippen molar-refractivity contribution in [1.82, 2.24) is 4.57 Å². The Balaban J connectivity index is 2.78. The minimum atomic E-state index is -2.66. The Hall–Kier alpha value is 0.0169. The van der Waals surface area contributed by atoms with Gasteiger partial charge in [0.05, 0.1) is 13.2 Å². The molecule has 1 aliphatic rings. The van der Waals surface area contributed by atoms with Crippen molar-refractivity contribution in [2.45, 2.75) is 25.8 Å². The Morgan fingerprint density at radius 2 is 1.88 bits per heavy atom. The highest BCUT2D eigenvalue weighted by Crippen LogP contribution is 2.22. The Bertz CT molecular complexity index is 191. The highest BCUT2D eigenvalue weighted by atomic mass is 28.4. The van der Waals surface area contributed by atoms with Gasteiger partial charge in [-0.15, -0.1) is 0 Å². The van der Waals surface area contributed by atoms with E-state index in [0.717, 1.165) is 26.0 Å². The van der Waals surface area contributed by atoms with Gasteiger partial charge in [0.2, 0.25) is 0 Å². The third-order valence-corrected chi connectivity index (χ3v) is 5.82. The number of ether oxygens (including phenoxy) is 1. The molecule has 0 bridgehead atoms. The molecule has 0 N–H and O–H groups in total. The van der Waals surface area contributed by atoms with E-state index < -0.39 is 8.97 Å². The third kappa shape index (κ3) is 2.82. The molecule has 96 valence electrons. The van der Waals surface area contributed by atoms with Crippen LogP contribution in [0.3, 0.4) is 0 Å². The van der Waals surface area contributed by atoms with Crippen molar-refractivity contribution in [2.24, 2.45) is 0 Å². The normalized spacial score (nSPS) is 23.6. The van der Waals surface area contributed by atoms with Crippen LogP contribution in [0.4, 0.5) is 0 Å². The Morgan fingerprint density at radius 1 is 1.25 bits per heavy atom. The lowest BCUT2D eigenvalue weighted by atomic mass is 10.1. The summed E-state index contributed by atoms with van der Waals surface area (Å²) in [5, 5.41) is 0. The second-order valence-corrected chi connectivity index (χ2v) is 6.69. The first-order chi connectivity index (χ1) is 7.74. The molecule has 6 heteroatoms. The smallest absolute Gasteiger partial charge is 0.379 e. The highest BCUT2D eigenvalue weighted by Gasteiger charge is 2.50. The summed E-state index contributed by atoms with van der Waals surface area (Å²) in [5.74, 6) is 0. The number of nitrogens with zero attached hydrogens (tertiary/aromatic N) is 1. The summed E-state index contributed by atoms with van der Waals surface area (Å²) < 4.78 is 24.3. The quantitative estimate of drug-likeness (QED) is 0.653. The van der Waals surface area contributed by atoms with Gasteiger partial charge in [-0.1, -0.05) is 13.3 Å². The molecule has 0 saturated carbocycles. The van der Waals surface area contributed by atoms with Gasteiger partial charge in [0.1, 0.15) is 0 Å². The lowest BCUT2D eigenvalue weighted by Gasteiger charge is -2.42. The van der Waals surface area contributed by atoms with Crippen molar-refractivity contribution in [3.05, 3.63) is 0 Å². The fourth-order valence-electron chi connectivity index (χ4n) is 2.19. The van der Waals surface area contributed by atoms with E-state index in [9.17, 15) is 0 Å². The maximum Gasteiger partial charge on any atom is 0.599 e. The van der Waals surface area contributed by atoms with Crippen molar-refractivity contribution < 1.29 is 18.0 Å². The number of hydrogen-bond donors (Lipinski definition) is 0. The van der Waals surface area contributed by atoms with Crippen LogP contribution in [0.2, 0.25) is 0 Å². The summed E-state index contributed by atoms with van der Waals surface area (Å²) in [5.41, 5.74) is 0. The zero-order chi connectivity index (χ0) is 12.0. The van der Waals surface area contributed by atoms with Crippen LogP contribution in [0.25, 0.3) is 0 Å². The molecule has 5 nitrogen and oxygen atoms in total. The predicted octanol–water partition coefficient (Wildman–Crippen LogP) is 0.862. The molecular weight excluding hydrogens is 226 g/mol. The molecule has 0 aliphatic carbocycles. The molecule has 0 spiro atoms. The van der Waals surface area contributed by atoms with Gasteiger partial charge in [-0.2, -0.15) is 0 Å². The topological polar surface area (TPSA) is 40.2 Å². The molecule has 0 radical (unpaired) electrons. The van der Waals surface area contributed by atoms with Crippen LogP contribution >= 0.6 is 0 Å². The summed E-state index contributed by atoms with van der Waals surface area (Å²) in [6.45, 7) is 4.43. The van der Waals surface area contributed by atoms with Crippen molar-refractivity contribution in [2.75, 3.05) is 41.1 Å². The predicted molar refractivity (Wildman–Crippen MR) is 63.0 cm³/mol. The Kier molecular flexibility index (Phi) is 5.88. The summed E-state index contributed by atoms with van der Waals surface area (Å²) in [4.78, 5) is 0. The second-order valence-electron chi connectivity index (χ2n) is 3.85. The largest absolute Gasteiger partial charge is 0.599 e. The molecule has 0 amide bonds. The van der Waals surface area contributed by atoms with Crippen LogP contribution in [-0.4, -0.2) is 60.7 Å². The monoisotopic (exact) mass is 249 g/mol. The molecule has 1 unspecified atom stereocenters. The molecule has 0 aromatic carbocycles. The van der Waals surface area contributed by atoms with E-state index >= 15 is 0 Å². The van der Waals surface area contributed by atoms with Crippen LogP contribution in [0, 0.1) is 0 Å². The van der Waals surface area contributed by atoms with Crippen LogP contribution in [0.15, 0.2) is 0 Å². The van der Waals surface area contributed by atoms with Gasteiger partial charge >= 0.3 is 8.97 Å². The first-order valence-electron chi connectivity index (χ1n) is 5.74. The van der Waals surface area contributed by atoms with Gasteiger partial charge in [-0.05, 0) is 6.42 Å². The van der Waals surface area contributed by atoms with Gasteiger partial charge in [-0.25, -0.2) is 4.57 Å². The molecule has 1 rings (SSSR count). The summed E-state index contributed by atoms with van der Waals surface area (Å²) in [6.07, 6.45) is 2.19. The minimum absolute atomic E-state index is 0.338. The number of morpholine rings is 1. The average Bonchev–Trinajstić information content (AvgIpc) is 2.34. The summed E-state index contributed by atoms with van der Waals surface area (Å²) in [6, 6.07) is 0.338. The molecule has 1 aliphatic heterocycles. The van der Waals surface area contributed by atoms with Crippen molar-refractivity contribution in [3.8, 4) is 0 Å². The van der Waals surface area contributed by atoms with Crippen LogP contribution in [0.5, 0.6) is 0 Å². The van der Waals surface area contributed by atoms with Crippen molar-refractivity contribution >= 4 is 8.97 Å².